The molecule has 142 valence electrons. The quantitative estimate of drug-likeness (QED) is 0.463. The summed E-state index contributed by atoms with van der Waals surface area (Å²) in [6.45, 7) is 5.39. The summed E-state index contributed by atoms with van der Waals surface area (Å²) in [4.78, 5) is 11.9. The Bertz CT molecular complexity index is 1000. The lowest BCUT2D eigenvalue weighted by atomic mass is 9.87. The molecular weight excluding hydrogens is 400 g/mol. The zero-order valence-corrected chi connectivity index (χ0v) is 18.2. The van der Waals surface area contributed by atoms with E-state index in [1.807, 2.05) is 23.1 Å². The van der Waals surface area contributed by atoms with Crippen LogP contribution in [0.4, 0.5) is 5.69 Å². The Morgan fingerprint density at radius 2 is 1.93 bits per heavy atom. The third kappa shape index (κ3) is 3.52. The molecule has 4 heterocycles. The maximum atomic E-state index is 5.26. The van der Waals surface area contributed by atoms with Crippen molar-refractivity contribution in [3.05, 3.63) is 74.6 Å². The first-order valence-corrected chi connectivity index (χ1v) is 12.3. The van der Waals surface area contributed by atoms with Gasteiger partial charge in [-0.05, 0) is 53.2 Å². The number of thioether (sulfide) groups is 1. The molecule has 0 spiro atoms. The molecule has 0 radical (unpaired) electrons. The zero-order chi connectivity index (χ0) is 18.9. The first-order valence-electron chi connectivity index (χ1n) is 9.66. The average molecular weight is 423 g/mol. The van der Waals surface area contributed by atoms with Gasteiger partial charge in [0.05, 0.1) is 16.6 Å². The minimum atomic E-state index is 0.399. The molecule has 0 bridgehead atoms. The average Bonchev–Trinajstić information content (AvgIpc) is 3.40. The maximum absolute atomic E-state index is 5.26. The van der Waals surface area contributed by atoms with E-state index >= 15 is 0 Å². The van der Waals surface area contributed by atoms with Crippen LogP contribution in [0.5, 0.6) is 0 Å². The topological polar surface area (TPSA) is 15.6 Å². The molecule has 28 heavy (non-hydrogen) atoms. The van der Waals surface area contributed by atoms with Gasteiger partial charge in [-0.25, -0.2) is 0 Å². The van der Waals surface area contributed by atoms with Crippen LogP contribution in [0.2, 0.25) is 0 Å². The minimum absolute atomic E-state index is 0.399. The zero-order valence-electron chi connectivity index (χ0n) is 15.7. The van der Waals surface area contributed by atoms with Crippen molar-refractivity contribution < 1.29 is 0 Å². The molecule has 1 fully saturated rings. The number of benzene rings is 1. The van der Waals surface area contributed by atoms with Gasteiger partial charge in [0.2, 0.25) is 0 Å². The Morgan fingerprint density at radius 1 is 1.07 bits per heavy atom. The molecule has 1 saturated heterocycles. The fourth-order valence-electron chi connectivity index (χ4n) is 4.00. The van der Waals surface area contributed by atoms with Crippen molar-refractivity contribution >= 4 is 51.9 Å². The maximum Gasteiger partial charge on any atom is 0.0769 e. The van der Waals surface area contributed by atoms with Gasteiger partial charge in [0.15, 0.2) is 0 Å². The van der Waals surface area contributed by atoms with Gasteiger partial charge in [-0.15, -0.1) is 34.4 Å². The van der Waals surface area contributed by atoms with E-state index in [2.05, 4.69) is 77.2 Å². The lowest BCUT2D eigenvalue weighted by molar-refractivity contribution is 0.275. The number of hydrogen-bond donors (Lipinski definition) is 0. The summed E-state index contributed by atoms with van der Waals surface area (Å²) in [5.41, 5.74) is 3.78. The number of likely N-dealkylation sites (N-methyl/N-ethyl adjacent to an activating group) is 1. The molecule has 0 saturated carbocycles. The van der Waals surface area contributed by atoms with E-state index < -0.39 is 0 Å². The molecule has 2 aromatic heterocycles. The van der Waals surface area contributed by atoms with Crippen LogP contribution in [-0.2, 0) is 0 Å². The summed E-state index contributed by atoms with van der Waals surface area (Å²) in [7, 11) is 0. The molecule has 3 aromatic rings. The van der Waals surface area contributed by atoms with Crippen molar-refractivity contribution in [2.24, 2.45) is 10.9 Å². The summed E-state index contributed by atoms with van der Waals surface area (Å²) in [6, 6.07) is 17.4. The van der Waals surface area contributed by atoms with Crippen molar-refractivity contribution in [3.63, 3.8) is 0 Å². The van der Waals surface area contributed by atoms with E-state index in [9.17, 15) is 0 Å². The summed E-state index contributed by atoms with van der Waals surface area (Å²) in [6.07, 6.45) is 2.36. The summed E-state index contributed by atoms with van der Waals surface area (Å²) in [5.74, 6) is 0.399. The number of likely N-dealkylation sites (tertiary alicyclic amines) is 1. The molecule has 0 N–H and O–H groups in total. The Balaban J connectivity index is 1.67. The SMILES string of the molecule is CCN1C/C(=C\c2cccs2)C2=Nc3ccccc3S[C@H](c3cccs3)C2C1. The second kappa shape index (κ2) is 7.99. The fourth-order valence-corrected chi connectivity index (χ4v) is 7.00. The second-order valence-corrected chi connectivity index (χ2v) is 10.3. The van der Waals surface area contributed by atoms with Crippen LogP contribution in [-0.4, -0.2) is 30.2 Å². The van der Waals surface area contributed by atoms with Crippen LogP contribution in [0.25, 0.3) is 6.08 Å². The highest BCUT2D eigenvalue weighted by molar-refractivity contribution is 7.99. The van der Waals surface area contributed by atoms with E-state index in [1.54, 1.807) is 11.3 Å². The summed E-state index contributed by atoms with van der Waals surface area (Å²) >= 11 is 5.66. The van der Waals surface area contributed by atoms with Gasteiger partial charge in [0, 0.05) is 33.7 Å². The lowest BCUT2D eigenvalue weighted by Gasteiger charge is -2.37. The molecular formula is C23H22N2S3. The van der Waals surface area contributed by atoms with Crippen LogP contribution >= 0.6 is 34.4 Å². The lowest BCUT2D eigenvalue weighted by Crippen LogP contribution is -2.43. The Hall–Kier alpha value is -1.66. The standard InChI is InChI=1S/C23H22N2S3/c1-2-25-14-16(13-17-7-5-11-26-17)22-18(15-25)23(21-10-6-12-27-21)28-20-9-4-3-8-19(20)24-22/h3-13,18,23H,2,14-15H2,1H3/b16-13+/t18?,23-/m0/s1. The highest BCUT2D eigenvalue weighted by Gasteiger charge is 2.38. The molecule has 2 atom stereocenters. The number of para-hydroxylation sites is 1. The first-order chi connectivity index (χ1) is 13.8. The fraction of sp³-hybridized carbons (Fsp3) is 0.261. The largest absolute Gasteiger partial charge is 0.299 e. The highest BCUT2D eigenvalue weighted by atomic mass is 32.2. The van der Waals surface area contributed by atoms with Gasteiger partial charge in [0.1, 0.15) is 0 Å². The van der Waals surface area contributed by atoms with E-state index in [-0.39, 0.29) is 0 Å². The molecule has 2 nitrogen and oxygen atoms in total. The van der Waals surface area contributed by atoms with Gasteiger partial charge in [-0.1, -0.05) is 31.2 Å². The van der Waals surface area contributed by atoms with Crippen molar-refractivity contribution in [2.45, 2.75) is 17.1 Å². The van der Waals surface area contributed by atoms with Crippen molar-refractivity contribution in [3.8, 4) is 0 Å². The number of nitrogens with zero attached hydrogens (tertiary/aromatic N) is 2. The third-order valence-corrected chi connectivity index (χ3v) is 8.74. The molecule has 1 aromatic carbocycles. The van der Waals surface area contributed by atoms with Gasteiger partial charge >= 0.3 is 0 Å². The monoisotopic (exact) mass is 422 g/mol. The molecule has 5 heteroatoms. The normalized spacial score (nSPS) is 23.8. The van der Waals surface area contributed by atoms with Gasteiger partial charge in [-0.3, -0.25) is 9.89 Å². The van der Waals surface area contributed by atoms with Crippen LogP contribution < -0.4 is 0 Å². The number of aliphatic imine (C=N–C) groups is 1. The van der Waals surface area contributed by atoms with E-state index in [0.29, 0.717) is 11.2 Å². The Morgan fingerprint density at radius 3 is 2.71 bits per heavy atom. The molecule has 2 aliphatic heterocycles. The van der Waals surface area contributed by atoms with Crippen LogP contribution in [0.1, 0.15) is 21.9 Å². The van der Waals surface area contributed by atoms with Gasteiger partial charge in [-0.2, -0.15) is 0 Å². The third-order valence-electron chi connectivity index (χ3n) is 5.39. The first kappa shape index (κ1) is 18.4. The van der Waals surface area contributed by atoms with E-state index in [4.69, 9.17) is 4.99 Å². The van der Waals surface area contributed by atoms with Crippen molar-refractivity contribution in [1.29, 1.82) is 0 Å². The molecule has 0 aliphatic carbocycles. The number of thiophene rings is 2. The second-order valence-electron chi connectivity index (χ2n) is 7.14. The Kier molecular flexibility index (Phi) is 5.24. The number of hydrogen-bond acceptors (Lipinski definition) is 5. The van der Waals surface area contributed by atoms with E-state index in [1.165, 1.54) is 25.9 Å². The van der Waals surface area contributed by atoms with Crippen molar-refractivity contribution in [2.75, 3.05) is 19.6 Å². The highest BCUT2D eigenvalue weighted by Crippen LogP contribution is 2.50. The molecule has 2 aliphatic rings. The van der Waals surface area contributed by atoms with Crippen molar-refractivity contribution in [1.82, 2.24) is 4.90 Å². The summed E-state index contributed by atoms with van der Waals surface area (Å²) < 4.78 is 0. The molecule has 0 amide bonds. The predicted octanol–water partition coefficient (Wildman–Crippen LogP) is 6.76. The summed E-state index contributed by atoms with van der Waals surface area (Å²) in [5, 5.41) is 4.76. The number of piperidine rings is 1. The molecule has 1 unspecified atom stereocenters. The minimum Gasteiger partial charge on any atom is -0.299 e. The van der Waals surface area contributed by atoms with Gasteiger partial charge in [0.25, 0.3) is 0 Å². The van der Waals surface area contributed by atoms with Gasteiger partial charge < -0.3 is 0 Å². The predicted molar refractivity (Wildman–Crippen MR) is 124 cm³/mol. The Labute approximate surface area is 178 Å². The number of rotatable bonds is 3. The van der Waals surface area contributed by atoms with Crippen LogP contribution in [0.15, 0.2) is 74.8 Å². The smallest absolute Gasteiger partial charge is 0.0769 e. The number of fused-ring (bicyclic) bond motifs is 2. The van der Waals surface area contributed by atoms with Crippen LogP contribution in [0, 0.1) is 5.92 Å². The van der Waals surface area contributed by atoms with E-state index in [0.717, 1.165) is 25.3 Å². The molecule has 5 rings (SSSR count). The van der Waals surface area contributed by atoms with Crippen LogP contribution in [0.3, 0.4) is 0 Å².